The molecule has 46 heavy (non-hydrogen) atoms. The lowest BCUT2D eigenvalue weighted by atomic mass is 9.78. The van der Waals surface area contributed by atoms with Gasteiger partial charge in [-0.1, -0.05) is 13.8 Å². The number of Topliss-reactive ketones (excluding diaryl/α,β-unsaturated/α-hetero) is 1. The van der Waals surface area contributed by atoms with Gasteiger partial charge in [-0.2, -0.15) is 0 Å². The van der Waals surface area contributed by atoms with Crippen LogP contribution in [0.2, 0.25) is 0 Å². The summed E-state index contributed by atoms with van der Waals surface area (Å²) < 4.78 is 30.9. The first-order chi connectivity index (χ1) is 21.5. The molecule has 0 aromatic carbocycles. The van der Waals surface area contributed by atoms with Gasteiger partial charge in [-0.3, -0.25) is 14.4 Å². The Hall–Kier alpha value is -1.67. The summed E-state index contributed by atoms with van der Waals surface area (Å²) in [6, 6.07) is 0.155. The molecule has 12 nitrogen and oxygen atoms in total. The molecule has 4 rings (SSSR count). The fourth-order valence-corrected chi connectivity index (χ4v) is 7.66. The summed E-state index contributed by atoms with van der Waals surface area (Å²) >= 11 is 0. The largest absolute Gasteiger partial charge is 0.458 e. The topological polar surface area (TPSA) is 145 Å². The zero-order valence-electron chi connectivity index (χ0n) is 29.5. The highest BCUT2D eigenvalue weighted by Crippen LogP contribution is 2.41. The van der Waals surface area contributed by atoms with E-state index in [1.54, 1.807) is 27.9 Å². The van der Waals surface area contributed by atoms with Gasteiger partial charge in [-0.15, -0.1) is 0 Å². The van der Waals surface area contributed by atoms with Crippen LogP contribution >= 0.6 is 0 Å². The Kier molecular flexibility index (Phi) is 12.0. The van der Waals surface area contributed by atoms with Gasteiger partial charge in [-0.25, -0.2) is 0 Å². The van der Waals surface area contributed by atoms with Crippen molar-refractivity contribution in [2.45, 2.75) is 141 Å². The van der Waals surface area contributed by atoms with E-state index in [0.717, 1.165) is 12.8 Å². The number of carbonyl (C=O) groups excluding carboxylic acids is 3. The van der Waals surface area contributed by atoms with E-state index in [1.165, 1.54) is 6.92 Å². The average Bonchev–Trinajstić information content (AvgIpc) is 3.78. The van der Waals surface area contributed by atoms with Gasteiger partial charge in [0.05, 0.1) is 24.2 Å². The summed E-state index contributed by atoms with van der Waals surface area (Å²) in [4.78, 5) is 42.0. The number of ether oxygens (including phenoxy) is 5. The number of carbonyl (C=O) groups is 3. The molecule has 13 atom stereocenters. The monoisotopic (exact) mass is 653 g/mol. The molecule has 0 amide bonds. The Bertz CT molecular complexity index is 1090. The Morgan fingerprint density at radius 3 is 2.37 bits per heavy atom. The van der Waals surface area contributed by atoms with E-state index in [2.05, 4.69) is 17.6 Å². The van der Waals surface area contributed by atoms with Gasteiger partial charge in [0, 0.05) is 43.6 Å². The summed E-state index contributed by atoms with van der Waals surface area (Å²) in [5.74, 6) is -3.52. The molecule has 264 valence electrons. The highest BCUT2D eigenvalue weighted by molar-refractivity contribution is 6.00. The van der Waals surface area contributed by atoms with Crippen LogP contribution in [-0.2, 0) is 38.1 Å². The first-order valence-electron chi connectivity index (χ1n) is 17.1. The number of methoxy groups -OCH3 is 1. The summed E-state index contributed by atoms with van der Waals surface area (Å²) in [7, 11) is 5.45. The number of fused-ring (bicyclic) bond motifs is 1. The predicted octanol–water partition coefficient (Wildman–Crippen LogP) is 2.05. The fraction of sp³-hybridized carbons (Fsp3) is 0.912. The Morgan fingerprint density at radius 1 is 1.09 bits per heavy atom. The zero-order valence-corrected chi connectivity index (χ0v) is 29.5. The van der Waals surface area contributed by atoms with E-state index >= 15 is 0 Å². The number of rotatable bonds is 7. The second-order valence-corrected chi connectivity index (χ2v) is 15.1. The standard InChI is InChI=1S/C34H59N3O9/c1-18-15-33(6,42-10)30(45-32-29(40)26(37(8)9)13-24(44-32)17-36-23-11-12-23)19(2)28(39)20(3)31(41)43-22(5)34(7)25(14-27(38)46-34)21(4)35-16-18/h18-26,29-30,32,35-36,40H,11-17H2,1-10H3/t18-,19+,20?,21-,22-,24?,25-,26?,29?,30-,32?,33-,34-/m1/s1. The number of ketones is 1. The van der Waals surface area contributed by atoms with Crippen LogP contribution in [0.25, 0.3) is 0 Å². The van der Waals surface area contributed by atoms with Crippen molar-refractivity contribution in [3.8, 4) is 0 Å². The molecule has 4 fully saturated rings. The summed E-state index contributed by atoms with van der Waals surface area (Å²) in [6.45, 7) is 14.0. The van der Waals surface area contributed by atoms with Gasteiger partial charge in [0.1, 0.15) is 18.1 Å². The smallest absolute Gasteiger partial charge is 0.316 e. The number of nitrogens with zero attached hydrogens (tertiary/aromatic N) is 1. The van der Waals surface area contributed by atoms with E-state index in [-0.39, 0.29) is 48.2 Å². The maximum absolute atomic E-state index is 14.1. The van der Waals surface area contributed by atoms with Gasteiger partial charge in [0.25, 0.3) is 0 Å². The van der Waals surface area contributed by atoms with E-state index in [0.29, 0.717) is 32.0 Å². The number of cyclic esters (lactones) is 1. The molecule has 0 bridgehead atoms. The lowest BCUT2D eigenvalue weighted by Gasteiger charge is -2.47. The highest BCUT2D eigenvalue weighted by Gasteiger charge is 2.54. The van der Waals surface area contributed by atoms with Crippen LogP contribution in [0.5, 0.6) is 0 Å². The minimum atomic E-state index is -1.12. The van der Waals surface area contributed by atoms with Crippen LogP contribution in [0.15, 0.2) is 0 Å². The molecule has 0 radical (unpaired) electrons. The molecular weight excluding hydrogens is 594 g/mol. The molecule has 3 N–H and O–H groups in total. The van der Waals surface area contributed by atoms with Crippen LogP contribution in [0.1, 0.15) is 80.6 Å². The molecule has 12 heteroatoms. The Balaban J connectivity index is 1.65. The Morgan fingerprint density at radius 2 is 1.76 bits per heavy atom. The molecule has 1 saturated carbocycles. The molecule has 3 saturated heterocycles. The molecule has 5 unspecified atom stereocenters. The molecule has 3 heterocycles. The van der Waals surface area contributed by atoms with Gasteiger partial charge in [0.15, 0.2) is 17.7 Å². The van der Waals surface area contributed by atoms with Crippen molar-refractivity contribution in [2.24, 2.45) is 23.7 Å². The summed E-state index contributed by atoms with van der Waals surface area (Å²) in [5, 5.41) is 18.6. The first kappa shape index (κ1) is 37.2. The number of hydrogen-bond donors (Lipinski definition) is 3. The number of esters is 2. The fourth-order valence-electron chi connectivity index (χ4n) is 7.66. The molecule has 4 aliphatic rings. The van der Waals surface area contributed by atoms with Gasteiger partial charge >= 0.3 is 11.9 Å². The third kappa shape index (κ3) is 8.13. The predicted molar refractivity (Wildman–Crippen MR) is 171 cm³/mol. The van der Waals surface area contributed by atoms with E-state index in [1.807, 2.05) is 32.8 Å². The van der Waals surface area contributed by atoms with Crippen molar-refractivity contribution in [2.75, 3.05) is 34.3 Å². The van der Waals surface area contributed by atoms with Crippen molar-refractivity contribution in [3.05, 3.63) is 0 Å². The van der Waals surface area contributed by atoms with Crippen LogP contribution < -0.4 is 10.6 Å². The molecule has 1 aliphatic carbocycles. The number of hydrogen-bond acceptors (Lipinski definition) is 12. The quantitative estimate of drug-likeness (QED) is 0.273. The maximum Gasteiger partial charge on any atom is 0.316 e. The second kappa shape index (κ2) is 14.8. The van der Waals surface area contributed by atoms with Gasteiger partial charge in [0.2, 0.25) is 0 Å². The zero-order chi connectivity index (χ0) is 34.1. The van der Waals surface area contributed by atoms with Crippen molar-refractivity contribution < 1.29 is 43.2 Å². The number of aliphatic hydroxyl groups excluding tert-OH is 1. The molecule has 3 aliphatic heterocycles. The summed E-state index contributed by atoms with van der Waals surface area (Å²) in [6.07, 6.45) is -0.195. The van der Waals surface area contributed by atoms with Crippen molar-refractivity contribution in [1.29, 1.82) is 0 Å². The van der Waals surface area contributed by atoms with E-state index in [4.69, 9.17) is 23.7 Å². The van der Waals surface area contributed by atoms with Crippen molar-refractivity contribution in [1.82, 2.24) is 15.5 Å². The van der Waals surface area contributed by atoms with Crippen LogP contribution in [-0.4, -0.2) is 122 Å². The SMILES string of the molecule is CO[C@]1(C)C[C@@H](C)CN[C@H](C)[C@H]2CC(=O)O[C@]2(C)[C@@H](C)OC(=O)C(C)C(=O)[C@H](C)[C@H]1OC1OC(CNC2CC2)CC(N(C)C)C1O. The number of likely N-dealkylation sites (N-methyl/N-ethyl adjacent to an activating group) is 1. The van der Waals surface area contributed by atoms with E-state index in [9.17, 15) is 19.5 Å². The lowest BCUT2D eigenvalue weighted by molar-refractivity contribution is -0.297. The Labute approximate surface area is 274 Å². The normalized spacial score (nSPS) is 45.0. The molecule has 0 aromatic heterocycles. The average molecular weight is 654 g/mol. The lowest BCUT2D eigenvalue weighted by Crippen LogP contribution is -2.60. The molecule has 0 aromatic rings. The molecule has 0 spiro atoms. The van der Waals surface area contributed by atoms with Gasteiger partial charge in [-0.05, 0) is 86.9 Å². The van der Waals surface area contributed by atoms with Crippen LogP contribution in [0.4, 0.5) is 0 Å². The van der Waals surface area contributed by atoms with Crippen molar-refractivity contribution >= 4 is 17.7 Å². The number of aliphatic hydroxyl groups is 1. The second-order valence-electron chi connectivity index (χ2n) is 15.1. The van der Waals surface area contributed by atoms with E-state index < -0.39 is 53.6 Å². The number of nitrogens with one attached hydrogen (secondary N) is 2. The summed E-state index contributed by atoms with van der Waals surface area (Å²) in [5.41, 5.74) is -2.04. The van der Waals surface area contributed by atoms with Crippen LogP contribution in [0, 0.1) is 23.7 Å². The minimum absolute atomic E-state index is 0.0603. The van der Waals surface area contributed by atoms with Crippen molar-refractivity contribution in [3.63, 3.8) is 0 Å². The van der Waals surface area contributed by atoms with Gasteiger partial charge < -0.3 is 44.3 Å². The third-order valence-electron chi connectivity index (χ3n) is 11.1. The maximum atomic E-state index is 14.1. The molecular formula is C34H59N3O9. The first-order valence-corrected chi connectivity index (χ1v) is 17.1. The minimum Gasteiger partial charge on any atom is -0.458 e. The van der Waals surface area contributed by atoms with Crippen LogP contribution in [0.3, 0.4) is 0 Å². The third-order valence-corrected chi connectivity index (χ3v) is 11.1. The highest BCUT2D eigenvalue weighted by atomic mass is 16.7.